The van der Waals surface area contributed by atoms with Gasteiger partial charge in [-0.05, 0) is 80.2 Å². The molecule has 1 fully saturated rings. The fraction of sp³-hybridized carbons (Fsp3) is 0.406. The third kappa shape index (κ3) is 9.08. The lowest BCUT2D eigenvalue weighted by Gasteiger charge is -2.23. The van der Waals surface area contributed by atoms with Gasteiger partial charge in [0.2, 0.25) is 5.91 Å². The third-order valence-corrected chi connectivity index (χ3v) is 7.32. The summed E-state index contributed by atoms with van der Waals surface area (Å²) in [5.74, 6) is 1.02. The summed E-state index contributed by atoms with van der Waals surface area (Å²) in [6.45, 7) is 3.88. The van der Waals surface area contributed by atoms with Crippen LogP contribution in [-0.2, 0) is 24.4 Å². The lowest BCUT2D eigenvalue weighted by atomic mass is 10.1. The molecule has 1 heterocycles. The summed E-state index contributed by atoms with van der Waals surface area (Å²) in [4.78, 5) is 17.4. The van der Waals surface area contributed by atoms with Gasteiger partial charge in [0.1, 0.15) is 12.4 Å². The first-order valence-corrected chi connectivity index (χ1v) is 13.8. The van der Waals surface area contributed by atoms with Gasteiger partial charge in [-0.3, -0.25) is 9.69 Å². The second kappa shape index (κ2) is 14.7. The van der Waals surface area contributed by atoms with Gasteiger partial charge >= 0.3 is 0 Å². The van der Waals surface area contributed by atoms with Crippen LogP contribution in [0.1, 0.15) is 36.0 Å². The number of amides is 1. The van der Waals surface area contributed by atoms with Crippen molar-refractivity contribution in [2.24, 2.45) is 0 Å². The Kier molecular flexibility index (Phi) is 10.7. The van der Waals surface area contributed by atoms with E-state index < -0.39 is 0 Å². The molecule has 0 bridgehead atoms. The van der Waals surface area contributed by atoms with E-state index in [4.69, 9.17) is 9.47 Å². The molecule has 0 aromatic heterocycles. The van der Waals surface area contributed by atoms with E-state index in [0.29, 0.717) is 37.2 Å². The topological polar surface area (TPSA) is 54.0 Å². The number of hydrogen-bond donors (Lipinski definition) is 1. The van der Waals surface area contributed by atoms with Crippen LogP contribution in [0.2, 0.25) is 0 Å². The number of ether oxygens (including phenoxy) is 2. The van der Waals surface area contributed by atoms with Gasteiger partial charge in [-0.25, -0.2) is 4.39 Å². The Balaban J connectivity index is 1.33. The van der Waals surface area contributed by atoms with Crippen molar-refractivity contribution in [2.45, 2.75) is 44.9 Å². The number of rotatable bonds is 14. The quantitative estimate of drug-likeness (QED) is 0.314. The number of carbonyl (C=O) groups excluding carboxylic acids is 1. The Bertz CT molecular complexity index is 1190. The van der Waals surface area contributed by atoms with E-state index in [0.717, 1.165) is 37.1 Å². The number of carbonyl (C=O) groups is 1. The third-order valence-electron chi connectivity index (χ3n) is 7.32. The van der Waals surface area contributed by atoms with E-state index >= 15 is 0 Å². The number of benzene rings is 3. The molecule has 1 N–H and O–H groups in total. The summed E-state index contributed by atoms with van der Waals surface area (Å²) in [7, 11) is 3.78. The zero-order valence-electron chi connectivity index (χ0n) is 23.1. The molecule has 6 nitrogen and oxygen atoms in total. The highest BCUT2D eigenvalue weighted by Crippen LogP contribution is 2.29. The van der Waals surface area contributed by atoms with Crippen molar-refractivity contribution in [1.82, 2.24) is 15.1 Å². The summed E-state index contributed by atoms with van der Waals surface area (Å²) in [5.41, 5.74) is 3.02. The van der Waals surface area contributed by atoms with Crippen LogP contribution in [0.5, 0.6) is 11.5 Å². The molecule has 1 aliphatic rings. The average molecular weight is 534 g/mol. The molecule has 0 radical (unpaired) electrons. The first-order valence-electron chi connectivity index (χ1n) is 13.8. The van der Waals surface area contributed by atoms with Crippen LogP contribution in [-0.4, -0.2) is 62.1 Å². The van der Waals surface area contributed by atoms with Gasteiger partial charge in [-0.1, -0.05) is 48.5 Å². The molecule has 3 aromatic rings. The molecular formula is C32H40FN3O3. The van der Waals surface area contributed by atoms with Gasteiger partial charge in [-0.15, -0.1) is 0 Å². The van der Waals surface area contributed by atoms with Crippen molar-refractivity contribution in [3.63, 3.8) is 0 Å². The van der Waals surface area contributed by atoms with Gasteiger partial charge < -0.3 is 19.7 Å². The normalized spacial score (nSPS) is 15.4. The number of likely N-dealkylation sites (tertiary alicyclic amines) is 1. The van der Waals surface area contributed by atoms with Crippen LogP contribution in [0, 0.1) is 5.82 Å². The minimum absolute atomic E-state index is 0.0604. The summed E-state index contributed by atoms with van der Waals surface area (Å²) in [5, 5.41) is 3.13. The van der Waals surface area contributed by atoms with Crippen LogP contribution in [0.15, 0.2) is 72.8 Å². The number of nitrogens with one attached hydrogen (secondary N) is 1. The molecule has 7 heteroatoms. The molecule has 3 aromatic carbocycles. The minimum Gasteiger partial charge on any atom is -0.493 e. The van der Waals surface area contributed by atoms with E-state index in [1.54, 1.807) is 13.2 Å². The highest BCUT2D eigenvalue weighted by atomic mass is 19.1. The number of methoxy groups -OCH3 is 1. The van der Waals surface area contributed by atoms with E-state index in [1.165, 1.54) is 30.5 Å². The second-order valence-corrected chi connectivity index (χ2v) is 10.3. The minimum atomic E-state index is -0.284. The highest BCUT2D eigenvalue weighted by molar-refractivity contribution is 5.78. The van der Waals surface area contributed by atoms with Gasteiger partial charge in [0, 0.05) is 25.7 Å². The van der Waals surface area contributed by atoms with Crippen molar-refractivity contribution in [2.75, 3.05) is 40.3 Å². The monoisotopic (exact) mass is 533 g/mol. The van der Waals surface area contributed by atoms with Crippen molar-refractivity contribution < 1.29 is 18.7 Å². The van der Waals surface area contributed by atoms with Gasteiger partial charge in [0.15, 0.2) is 11.5 Å². The molecule has 1 aliphatic heterocycles. The van der Waals surface area contributed by atoms with Crippen LogP contribution in [0.4, 0.5) is 4.39 Å². The van der Waals surface area contributed by atoms with Crippen LogP contribution in [0.3, 0.4) is 0 Å². The van der Waals surface area contributed by atoms with E-state index in [2.05, 4.69) is 34.3 Å². The summed E-state index contributed by atoms with van der Waals surface area (Å²) >= 11 is 0. The zero-order valence-corrected chi connectivity index (χ0v) is 23.1. The van der Waals surface area contributed by atoms with Crippen LogP contribution >= 0.6 is 0 Å². The van der Waals surface area contributed by atoms with Crippen LogP contribution < -0.4 is 14.8 Å². The first kappa shape index (κ1) is 28.6. The lowest BCUT2D eigenvalue weighted by molar-refractivity contribution is -0.122. The molecule has 1 amide bonds. The van der Waals surface area contributed by atoms with Gasteiger partial charge in [0.05, 0.1) is 13.7 Å². The molecule has 1 unspecified atom stereocenters. The fourth-order valence-corrected chi connectivity index (χ4v) is 5.10. The molecule has 1 atom stereocenters. The summed E-state index contributed by atoms with van der Waals surface area (Å²) in [6.07, 6.45) is 4.21. The van der Waals surface area contributed by atoms with Crippen molar-refractivity contribution in [3.8, 4) is 11.5 Å². The van der Waals surface area contributed by atoms with Gasteiger partial charge in [0.25, 0.3) is 0 Å². The van der Waals surface area contributed by atoms with Crippen molar-refractivity contribution in [1.29, 1.82) is 0 Å². The fourth-order valence-electron chi connectivity index (χ4n) is 5.10. The Morgan fingerprint density at radius 3 is 2.59 bits per heavy atom. The Morgan fingerprint density at radius 2 is 1.85 bits per heavy atom. The second-order valence-electron chi connectivity index (χ2n) is 10.3. The maximum Gasteiger partial charge on any atom is 0.234 e. The maximum atomic E-state index is 13.5. The number of nitrogens with zero attached hydrogens (tertiary/aromatic N) is 2. The van der Waals surface area contributed by atoms with Crippen molar-refractivity contribution >= 4 is 5.91 Å². The molecule has 4 rings (SSSR count). The van der Waals surface area contributed by atoms with E-state index in [1.807, 2.05) is 42.5 Å². The molecule has 0 saturated carbocycles. The Labute approximate surface area is 231 Å². The molecule has 0 aliphatic carbocycles. The van der Waals surface area contributed by atoms with Crippen LogP contribution in [0.25, 0.3) is 0 Å². The summed E-state index contributed by atoms with van der Waals surface area (Å²) in [6, 6.07) is 23.1. The molecular weight excluding hydrogens is 493 g/mol. The first-order chi connectivity index (χ1) is 19.0. The molecule has 1 saturated heterocycles. The van der Waals surface area contributed by atoms with Crippen molar-refractivity contribution in [3.05, 3.63) is 95.3 Å². The molecule has 208 valence electrons. The SMILES string of the molecule is COc1cc(CCN(CC(=O)NCCC2CCCN2C)Cc2ccccc2)ccc1OCc1cccc(F)c1. The predicted octanol–water partition coefficient (Wildman–Crippen LogP) is 5.06. The largest absolute Gasteiger partial charge is 0.493 e. The summed E-state index contributed by atoms with van der Waals surface area (Å²) < 4.78 is 25.0. The van der Waals surface area contributed by atoms with Gasteiger partial charge in [-0.2, -0.15) is 0 Å². The Hall–Kier alpha value is -3.42. The maximum absolute atomic E-state index is 13.5. The smallest absolute Gasteiger partial charge is 0.234 e. The lowest BCUT2D eigenvalue weighted by Crippen LogP contribution is -2.39. The van der Waals surface area contributed by atoms with E-state index in [9.17, 15) is 9.18 Å². The average Bonchev–Trinajstić information content (AvgIpc) is 3.35. The van der Waals surface area contributed by atoms with E-state index in [-0.39, 0.29) is 18.3 Å². The highest BCUT2D eigenvalue weighted by Gasteiger charge is 2.20. The Morgan fingerprint density at radius 1 is 1.03 bits per heavy atom. The number of hydrogen-bond acceptors (Lipinski definition) is 5. The standard InChI is InChI=1S/C32H40FN3O3/c1-35-18-7-12-29(35)15-17-34-32(37)23-36(22-26-8-4-3-5-9-26)19-16-25-13-14-30(31(21-25)38-2)39-24-27-10-6-11-28(33)20-27/h3-6,8-11,13-14,20-21,29H,7,12,15-19,22-24H2,1-2H3,(H,34,37). The number of halogens is 1. The molecule has 39 heavy (non-hydrogen) atoms. The zero-order chi connectivity index (χ0) is 27.5. The molecule has 0 spiro atoms. The predicted molar refractivity (Wildman–Crippen MR) is 152 cm³/mol.